The van der Waals surface area contributed by atoms with Gasteiger partial charge in [0.2, 0.25) is 11.8 Å². The number of benzene rings is 2. The van der Waals surface area contributed by atoms with Crippen LogP contribution in [0.25, 0.3) is 11.3 Å². The number of H-pyrrole nitrogens is 1. The van der Waals surface area contributed by atoms with Gasteiger partial charge in [-0.15, -0.1) is 5.10 Å². The molecule has 1 unspecified atom stereocenters. The minimum atomic E-state index is -0.537. The van der Waals surface area contributed by atoms with Gasteiger partial charge >= 0.3 is 0 Å². The number of nitrogens with zero attached hydrogens (tertiary/aromatic N) is 2. The summed E-state index contributed by atoms with van der Waals surface area (Å²) >= 11 is 0. The third-order valence-electron chi connectivity index (χ3n) is 5.59. The lowest BCUT2D eigenvalue weighted by Gasteiger charge is -2.25. The van der Waals surface area contributed by atoms with Crippen molar-refractivity contribution in [1.29, 1.82) is 5.26 Å². The molecule has 3 N–H and O–H groups in total. The molecule has 0 aliphatic carbocycles. The van der Waals surface area contributed by atoms with E-state index in [1.165, 1.54) is 0 Å². The molecule has 2 aromatic carbocycles. The SMILES string of the molecule is CCOc1ccc(-c2[nH]nc3c2C(c2ccc(OCC)c(OCC)c2)C(C#N)=C(N)O3)cc1OC. The van der Waals surface area contributed by atoms with E-state index in [9.17, 15) is 5.26 Å². The zero-order valence-corrected chi connectivity index (χ0v) is 20.2. The Morgan fingerprint density at radius 3 is 2.29 bits per heavy atom. The van der Waals surface area contributed by atoms with Crippen molar-refractivity contribution in [2.45, 2.75) is 26.7 Å². The molecule has 0 bridgehead atoms. The van der Waals surface area contributed by atoms with Gasteiger partial charge in [-0.1, -0.05) is 6.07 Å². The summed E-state index contributed by atoms with van der Waals surface area (Å²) in [5.41, 5.74) is 9.38. The van der Waals surface area contributed by atoms with E-state index < -0.39 is 5.92 Å². The Bertz CT molecular complexity index is 1290. The highest BCUT2D eigenvalue weighted by atomic mass is 16.5. The van der Waals surface area contributed by atoms with Gasteiger partial charge in [-0.3, -0.25) is 5.10 Å². The molecule has 0 amide bonds. The first-order valence-corrected chi connectivity index (χ1v) is 11.4. The van der Waals surface area contributed by atoms with Crippen LogP contribution in [0.4, 0.5) is 0 Å². The summed E-state index contributed by atoms with van der Waals surface area (Å²) < 4.78 is 28.4. The second-order valence-corrected chi connectivity index (χ2v) is 7.61. The Kier molecular flexibility index (Phi) is 7.01. The number of nitrogens with one attached hydrogen (secondary N) is 1. The van der Waals surface area contributed by atoms with Gasteiger partial charge < -0.3 is 29.4 Å². The lowest BCUT2D eigenvalue weighted by atomic mass is 9.83. The van der Waals surface area contributed by atoms with Gasteiger partial charge in [0, 0.05) is 5.56 Å². The van der Waals surface area contributed by atoms with E-state index in [2.05, 4.69) is 16.3 Å². The summed E-state index contributed by atoms with van der Waals surface area (Å²) in [5.74, 6) is 2.21. The highest BCUT2D eigenvalue weighted by molar-refractivity contribution is 5.73. The lowest BCUT2D eigenvalue weighted by molar-refractivity contribution is 0.287. The van der Waals surface area contributed by atoms with Crippen molar-refractivity contribution in [1.82, 2.24) is 10.2 Å². The molecule has 0 saturated heterocycles. The highest BCUT2D eigenvalue weighted by Crippen LogP contribution is 2.47. The molecule has 9 heteroatoms. The maximum atomic E-state index is 10.0. The molecule has 1 aliphatic rings. The van der Waals surface area contributed by atoms with E-state index in [-0.39, 0.29) is 11.5 Å². The number of aromatic amines is 1. The van der Waals surface area contributed by atoms with E-state index in [4.69, 9.17) is 29.4 Å². The van der Waals surface area contributed by atoms with Crippen LogP contribution in [-0.4, -0.2) is 37.1 Å². The lowest BCUT2D eigenvalue weighted by Crippen LogP contribution is -2.21. The number of aromatic nitrogens is 2. The van der Waals surface area contributed by atoms with Gasteiger partial charge in [-0.2, -0.15) is 5.26 Å². The van der Waals surface area contributed by atoms with E-state index in [0.717, 1.165) is 11.1 Å². The maximum absolute atomic E-state index is 10.0. The third-order valence-corrected chi connectivity index (χ3v) is 5.59. The monoisotopic (exact) mass is 476 g/mol. The summed E-state index contributed by atoms with van der Waals surface area (Å²) in [6.45, 7) is 7.21. The Morgan fingerprint density at radius 2 is 1.63 bits per heavy atom. The normalized spacial score (nSPS) is 14.5. The van der Waals surface area contributed by atoms with Crippen molar-refractivity contribution in [2.75, 3.05) is 26.9 Å². The highest BCUT2D eigenvalue weighted by Gasteiger charge is 2.36. The summed E-state index contributed by atoms with van der Waals surface area (Å²) in [6.07, 6.45) is 0. The Hall–Kier alpha value is -4.32. The van der Waals surface area contributed by atoms with E-state index in [1.807, 2.05) is 57.2 Å². The molecule has 1 aliphatic heterocycles. The van der Waals surface area contributed by atoms with Gasteiger partial charge in [0.15, 0.2) is 23.0 Å². The molecule has 0 spiro atoms. The number of fused-ring (bicyclic) bond motifs is 1. The first kappa shape index (κ1) is 23.8. The molecule has 0 fully saturated rings. The number of hydrogen-bond acceptors (Lipinski definition) is 8. The fourth-order valence-electron chi connectivity index (χ4n) is 4.14. The Labute approximate surface area is 204 Å². The topological polar surface area (TPSA) is 125 Å². The molecule has 3 aromatic rings. The van der Waals surface area contributed by atoms with Crippen LogP contribution in [-0.2, 0) is 0 Å². The summed E-state index contributed by atoms with van der Waals surface area (Å²) in [7, 11) is 1.59. The van der Waals surface area contributed by atoms with Crippen molar-refractivity contribution in [3.8, 4) is 46.2 Å². The molecule has 1 atom stereocenters. The molecule has 1 aromatic heterocycles. The Morgan fingerprint density at radius 1 is 0.971 bits per heavy atom. The fourth-order valence-corrected chi connectivity index (χ4v) is 4.14. The van der Waals surface area contributed by atoms with Gasteiger partial charge in [0.25, 0.3) is 0 Å². The number of hydrogen-bond donors (Lipinski definition) is 2. The molecular weight excluding hydrogens is 448 g/mol. The van der Waals surface area contributed by atoms with Gasteiger partial charge in [0.1, 0.15) is 11.6 Å². The van der Waals surface area contributed by atoms with Crippen LogP contribution in [0, 0.1) is 11.3 Å². The average Bonchev–Trinajstić information content (AvgIpc) is 3.28. The summed E-state index contributed by atoms with van der Waals surface area (Å²) in [5, 5.41) is 17.4. The van der Waals surface area contributed by atoms with Gasteiger partial charge in [-0.25, -0.2) is 0 Å². The number of rotatable bonds is 9. The quantitative estimate of drug-likeness (QED) is 0.463. The van der Waals surface area contributed by atoms with Crippen LogP contribution in [0.3, 0.4) is 0 Å². The standard InChI is InChI=1S/C26H28N4O5/c1-5-32-18-11-9-16(13-20(18)31-4)24-23-22(17(14-27)25(28)35-26(23)30-29-24)15-8-10-19(33-6-2)21(12-15)34-7-3/h8-13,22H,5-7,28H2,1-4H3,(H,29,30). The number of nitriles is 1. The minimum absolute atomic E-state index is 0.0131. The Balaban J connectivity index is 1.88. The molecule has 182 valence electrons. The second-order valence-electron chi connectivity index (χ2n) is 7.61. The average molecular weight is 477 g/mol. The first-order chi connectivity index (χ1) is 17.1. The summed E-state index contributed by atoms with van der Waals surface area (Å²) in [6, 6.07) is 13.4. The van der Waals surface area contributed by atoms with Crippen LogP contribution in [0.2, 0.25) is 0 Å². The van der Waals surface area contributed by atoms with Crippen molar-refractivity contribution < 1.29 is 23.7 Å². The van der Waals surface area contributed by atoms with Crippen LogP contribution in [0.15, 0.2) is 47.9 Å². The predicted molar refractivity (Wildman–Crippen MR) is 130 cm³/mol. The van der Waals surface area contributed by atoms with Crippen LogP contribution in [0.5, 0.6) is 28.9 Å². The largest absolute Gasteiger partial charge is 0.493 e. The molecule has 9 nitrogen and oxygen atoms in total. The minimum Gasteiger partial charge on any atom is -0.493 e. The zero-order chi connectivity index (χ0) is 24.9. The molecule has 35 heavy (non-hydrogen) atoms. The molecule has 4 rings (SSSR count). The van der Waals surface area contributed by atoms with Crippen molar-refractivity contribution in [2.24, 2.45) is 5.73 Å². The van der Waals surface area contributed by atoms with Crippen LogP contribution < -0.4 is 29.4 Å². The number of allylic oxidation sites excluding steroid dienone is 1. The van der Waals surface area contributed by atoms with Crippen molar-refractivity contribution in [3.63, 3.8) is 0 Å². The van der Waals surface area contributed by atoms with Crippen molar-refractivity contribution in [3.05, 3.63) is 59.0 Å². The second kappa shape index (κ2) is 10.3. The predicted octanol–water partition coefficient (Wildman–Crippen LogP) is 4.50. The molecular formula is C26H28N4O5. The van der Waals surface area contributed by atoms with Gasteiger partial charge in [-0.05, 0) is 56.7 Å². The maximum Gasteiger partial charge on any atom is 0.244 e. The zero-order valence-electron chi connectivity index (χ0n) is 20.2. The van der Waals surface area contributed by atoms with Gasteiger partial charge in [0.05, 0.1) is 44.1 Å². The molecule has 0 radical (unpaired) electrons. The third kappa shape index (κ3) is 4.43. The van der Waals surface area contributed by atoms with E-state index in [1.54, 1.807) is 7.11 Å². The smallest absolute Gasteiger partial charge is 0.244 e. The summed E-state index contributed by atoms with van der Waals surface area (Å²) in [4.78, 5) is 0. The number of methoxy groups -OCH3 is 1. The fraction of sp³-hybridized carbons (Fsp3) is 0.308. The molecule has 0 saturated carbocycles. The van der Waals surface area contributed by atoms with Crippen LogP contribution >= 0.6 is 0 Å². The number of ether oxygens (including phenoxy) is 5. The first-order valence-electron chi connectivity index (χ1n) is 11.4. The van der Waals surface area contributed by atoms with Crippen molar-refractivity contribution >= 4 is 0 Å². The molecule has 2 heterocycles. The van der Waals surface area contributed by atoms with E-state index in [0.29, 0.717) is 60.0 Å². The van der Waals surface area contributed by atoms with Crippen LogP contribution in [0.1, 0.15) is 37.8 Å². The van der Waals surface area contributed by atoms with E-state index >= 15 is 0 Å². The number of nitrogens with two attached hydrogens (primary N) is 1.